The Morgan fingerprint density at radius 2 is 1.06 bits per heavy atom. The fourth-order valence-corrected chi connectivity index (χ4v) is 3.14. The van der Waals surface area contributed by atoms with Crippen molar-refractivity contribution >= 4 is 11.6 Å². The van der Waals surface area contributed by atoms with Gasteiger partial charge in [-0.1, -0.05) is 55.5 Å². The third kappa shape index (κ3) is 6.79. The monoisotopic (exact) mass is 458 g/mol. The second kappa shape index (κ2) is 10.2. The van der Waals surface area contributed by atoms with E-state index in [2.05, 4.69) is 0 Å². The lowest BCUT2D eigenvalue weighted by atomic mass is 9.91. The van der Waals surface area contributed by atoms with Gasteiger partial charge in [0.15, 0.2) is 11.6 Å². The molecule has 0 atom stereocenters. The topological polar surface area (TPSA) is 124 Å². The Morgan fingerprint density at radius 1 is 0.727 bits per heavy atom. The Bertz CT molecular complexity index is 875. The van der Waals surface area contributed by atoms with E-state index in [9.17, 15) is 30.0 Å². The maximum absolute atomic E-state index is 12.3. The number of rotatable bonds is 11. The van der Waals surface area contributed by atoms with Crippen molar-refractivity contribution in [3.05, 3.63) is 70.8 Å². The van der Waals surface area contributed by atoms with Gasteiger partial charge in [-0.3, -0.25) is 9.59 Å². The van der Waals surface area contributed by atoms with Crippen molar-refractivity contribution in [2.45, 2.75) is 51.9 Å². The number of Topliss-reactive ketones (excluding diaryl/α,β-unsaturated/α-hetero) is 2. The fourth-order valence-electron chi connectivity index (χ4n) is 3.14. The molecular weight excluding hydrogens is 424 g/mol. The highest BCUT2D eigenvalue weighted by Crippen LogP contribution is 2.30. The van der Waals surface area contributed by atoms with Gasteiger partial charge in [-0.05, 0) is 38.8 Å². The zero-order chi connectivity index (χ0) is 25.0. The molecule has 0 fully saturated rings. The van der Waals surface area contributed by atoms with Crippen molar-refractivity contribution in [2.24, 2.45) is 5.41 Å². The summed E-state index contributed by atoms with van der Waals surface area (Å²) in [5, 5.41) is 39.2. The number of aliphatic hydroxyl groups excluding tert-OH is 2. The maximum Gasteiger partial charge on any atom is 0.193 e. The zero-order valence-corrected chi connectivity index (χ0v) is 19.8. The van der Waals surface area contributed by atoms with Crippen LogP contribution in [-0.4, -0.2) is 63.0 Å². The molecule has 0 radical (unpaired) electrons. The van der Waals surface area contributed by atoms with Crippen LogP contribution < -0.4 is 0 Å². The van der Waals surface area contributed by atoms with Gasteiger partial charge >= 0.3 is 0 Å². The number of carbonyl (C=O) groups is 2. The second-order valence-corrected chi connectivity index (χ2v) is 9.84. The van der Waals surface area contributed by atoms with E-state index in [1.54, 1.807) is 55.5 Å². The zero-order valence-electron chi connectivity index (χ0n) is 19.8. The smallest absolute Gasteiger partial charge is 0.193 e. The largest absolute Gasteiger partial charge is 0.396 e. The highest BCUT2D eigenvalue weighted by molar-refractivity contribution is 6.02. The molecule has 4 N–H and O–H groups in total. The molecule has 0 amide bonds. The minimum Gasteiger partial charge on any atom is -0.396 e. The predicted octanol–water partition coefficient (Wildman–Crippen LogP) is 2.69. The first-order valence-corrected chi connectivity index (χ1v) is 10.8. The molecule has 0 aromatic heterocycles. The van der Waals surface area contributed by atoms with Crippen LogP contribution >= 0.6 is 0 Å². The summed E-state index contributed by atoms with van der Waals surface area (Å²) in [4.78, 5) is 24.7. The van der Waals surface area contributed by atoms with E-state index in [0.29, 0.717) is 22.3 Å². The van der Waals surface area contributed by atoms with Crippen LogP contribution in [0.4, 0.5) is 0 Å². The third-order valence-electron chi connectivity index (χ3n) is 5.42. The molecule has 0 bridgehead atoms. The van der Waals surface area contributed by atoms with E-state index < -0.39 is 34.3 Å². The molecule has 0 spiro atoms. The van der Waals surface area contributed by atoms with Gasteiger partial charge in [0.2, 0.25) is 0 Å². The van der Waals surface area contributed by atoms with E-state index in [4.69, 9.17) is 4.74 Å². The van der Waals surface area contributed by atoms with Gasteiger partial charge in [0.1, 0.15) is 17.3 Å². The minimum atomic E-state index is -1.50. The predicted molar refractivity (Wildman–Crippen MR) is 124 cm³/mol. The lowest BCUT2D eigenvalue weighted by Gasteiger charge is -2.28. The van der Waals surface area contributed by atoms with E-state index >= 15 is 0 Å². The highest BCUT2D eigenvalue weighted by Gasteiger charge is 2.29. The van der Waals surface area contributed by atoms with Crippen molar-refractivity contribution in [1.82, 2.24) is 0 Å². The quantitative estimate of drug-likeness (QED) is 0.382. The molecule has 0 unspecified atom stereocenters. The average Bonchev–Trinajstić information content (AvgIpc) is 2.77. The number of ketones is 2. The van der Waals surface area contributed by atoms with Gasteiger partial charge in [0, 0.05) is 16.5 Å². The van der Waals surface area contributed by atoms with Crippen molar-refractivity contribution in [1.29, 1.82) is 0 Å². The molecule has 2 aromatic rings. The van der Waals surface area contributed by atoms with Gasteiger partial charge in [-0.2, -0.15) is 0 Å². The van der Waals surface area contributed by atoms with Crippen LogP contribution in [0.5, 0.6) is 0 Å². The molecule has 33 heavy (non-hydrogen) atoms. The molecule has 0 saturated carbocycles. The SMILES string of the molecule is CC(CO)(CO)COC(c1ccc(C(=O)C(C)(C)O)cc1)c1ccc(C(=O)C(C)(C)O)cc1. The molecule has 0 aliphatic heterocycles. The number of hydrogen-bond acceptors (Lipinski definition) is 7. The molecule has 2 aromatic carbocycles. The van der Waals surface area contributed by atoms with Crippen LogP contribution in [0.15, 0.2) is 48.5 Å². The van der Waals surface area contributed by atoms with Crippen LogP contribution in [0.3, 0.4) is 0 Å². The first-order chi connectivity index (χ1) is 15.2. The van der Waals surface area contributed by atoms with Crippen molar-refractivity contribution in [3.63, 3.8) is 0 Å². The second-order valence-electron chi connectivity index (χ2n) is 9.84. The van der Waals surface area contributed by atoms with E-state index in [1.165, 1.54) is 27.7 Å². The van der Waals surface area contributed by atoms with Gasteiger partial charge in [-0.15, -0.1) is 0 Å². The van der Waals surface area contributed by atoms with Crippen LogP contribution in [-0.2, 0) is 4.74 Å². The summed E-state index contributed by atoms with van der Waals surface area (Å²) >= 11 is 0. The molecular formula is C26H34O7. The van der Waals surface area contributed by atoms with Crippen LogP contribution in [0.1, 0.15) is 72.6 Å². The summed E-state index contributed by atoms with van der Waals surface area (Å²) in [5.41, 5.74) is -1.72. The van der Waals surface area contributed by atoms with Crippen LogP contribution in [0, 0.1) is 5.41 Å². The van der Waals surface area contributed by atoms with E-state index in [1.807, 2.05) is 0 Å². The van der Waals surface area contributed by atoms with Gasteiger partial charge in [0.25, 0.3) is 0 Å². The Hall–Kier alpha value is -2.42. The fraction of sp³-hybridized carbons (Fsp3) is 0.462. The summed E-state index contributed by atoms with van der Waals surface area (Å²) in [6, 6.07) is 13.3. The van der Waals surface area contributed by atoms with Crippen molar-refractivity contribution < 1.29 is 34.8 Å². The lowest BCUT2D eigenvalue weighted by Crippen LogP contribution is -2.32. The molecule has 0 aliphatic rings. The summed E-state index contributed by atoms with van der Waals surface area (Å²) < 4.78 is 6.11. The summed E-state index contributed by atoms with van der Waals surface area (Å²) in [6.45, 7) is 6.92. The molecule has 180 valence electrons. The molecule has 2 rings (SSSR count). The first kappa shape index (κ1) is 26.8. The third-order valence-corrected chi connectivity index (χ3v) is 5.42. The van der Waals surface area contributed by atoms with Crippen LogP contribution in [0.2, 0.25) is 0 Å². The average molecular weight is 459 g/mol. The van der Waals surface area contributed by atoms with Crippen LogP contribution in [0.25, 0.3) is 0 Å². The Labute approximate surface area is 194 Å². The van der Waals surface area contributed by atoms with Gasteiger partial charge in [-0.25, -0.2) is 0 Å². The normalized spacial score (nSPS) is 12.8. The number of aliphatic hydroxyl groups is 4. The first-order valence-electron chi connectivity index (χ1n) is 10.8. The Balaban J connectivity index is 2.40. The maximum atomic E-state index is 12.3. The summed E-state index contributed by atoms with van der Waals surface area (Å²) in [6.07, 6.45) is -0.611. The highest BCUT2D eigenvalue weighted by atomic mass is 16.5. The Kier molecular flexibility index (Phi) is 8.32. The van der Waals surface area contributed by atoms with Crippen molar-refractivity contribution in [3.8, 4) is 0 Å². The van der Waals surface area contributed by atoms with E-state index in [0.717, 1.165) is 0 Å². The number of ether oxygens (including phenoxy) is 1. The molecule has 7 nitrogen and oxygen atoms in total. The number of benzene rings is 2. The number of hydrogen-bond donors (Lipinski definition) is 4. The Morgan fingerprint density at radius 3 is 1.33 bits per heavy atom. The van der Waals surface area contributed by atoms with Gasteiger partial charge in [0.05, 0.1) is 19.8 Å². The molecule has 0 aliphatic carbocycles. The number of carbonyl (C=O) groups excluding carboxylic acids is 2. The standard InChI is InChI=1S/C26H34O7/c1-24(2,31)22(29)19-10-6-17(7-11-19)21(33-16-26(5,14-27)15-28)18-8-12-20(13-9-18)23(30)25(3,4)32/h6-13,21,27-28,31-32H,14-16H2,1-5H3. The van der Waals surface area contributed by atoms with Crippen molar-refractivity contribution in [2.75, 3.05) is 19.8 Å². The summed E-state index contributed by atoms with van der Waals surface area (Å²) in [5.74, 6) is -0.816. The molecule has 0 saturated heterocycles. The molecule has 0 heterocycles. The lowest BCUT2D eigenvalue weighted by molar-refractivity contribution is -0.0373. The molecule has 7 heteroatoms. The summed E-state index contributed by atoms with van der Waals surface area (Å²) in [7, 11) is 0. The minimum absolute atomic E-state index is 0.0549. The van der Waals surface area contributed by atoms with E-state index in [-0.39, 0.29) is 19.8 Å². The van der Waals surface area contributed by atoms with Gasteiger partial charge < -0.3 is 25.2 Å².